The van der Waals surface area contributed by atoms with Gasteiger partial charge in [-0.1, -0.05) is 36.2 Å². The van der Waals surface area contributed by atoms with Crippen molar-refractivity contribution < 1.29 is 9.47 Å². The first-order valence-electron chi connectivity index (χ1n) is 7.35. The topological polar surface area (TPSA) is 30.8 Å². The third-order valence-electron chi connectivity index (χ3n) is 3.22. The van der Waals surface area contributed by atoms with Crippen LogP contribution in [-0.2, 0) is 0 Å². The van der Waals surface area contributed by atoms with Gasteiger partial charge in [0.1, 0.15) is 0 Å². The van der Waals surface area contributed by atoms with Crippen LogP contribution in [-0.4, -0.2) is 19.9 Å². The summed E-state index contributed by atoms with van der Waals surface area (Å²) in [6.45, 7) is 4.58. The molecule has 0 atom stereocenters. The van der Waals surface area contributed by atoms with Gasteiger partial charge in [0.05, 0.1) is 24.4 Å². The Morgan fingerprint density at radius 3 is 2.57 bits per heavy atom. The minimum atomic E-state index is 0.501. The van der Waals surface area contributed by atoms with Crippen LogP contribution in [0.2, 0.25) is 10.0 Å². The molecule has 0 aliphatic heterocycles. The SMILES string of the molecule is CCCOc1c(Cl)cc(C=Nc2ccc(C)c(Cl)c2)cc1OC. The fourth-order valence-corrected chi connectivity index (χ4v) is 2.42. The van der Waals surface area contributed by atoms with Gasteiger partial charge in [-0.05, 0) is 48.7 Å². The van der Waals surface area contributed by atoms with Crippen LogP contribution >= 0.6 is 23.2 Å². The number of methoxy groups -OCH3 is 1. The average Bonchev–Trinajstić information content (AvgIpc) is 2.54. The zero-order valence-electron chi connectivity index (χ0n) is 13.4. The van der Waals surface area contributed by atoms with Crippen LogP contribution in [0, 0.1) is 6.92 Å². The number of nitrogens with zero attached hydrogens (tertiary/aromatic N) is 1. The maximum atomic E-state index is 6.29. The first kappa shape index (κ1) is 17.6. The first-order valence-corrected chi connectivity index (χ1v) is 8.11. The summed E-state index contributed by atoms with van der Waals surface area (Å²) in [6.07, 6.45) is 2.62. The molecule has 3 nitrogen and oxygen atoms in total. The summed E-state index contributed by atoms with van der Waals surface area (Å²) in [5, 5.41) is 1.19. The maximum absolute atomic E-state index is 6.29. The number of rotatable bonds is 6. The van der Waals surface area contributed by atoms with Gasteiger partial charge in [0.25, 0.3) is 0 Å². The van der Waals surface area contributed by atoms with Gasteiger partial charge in [-0.15, -0.1) is 0 Å². The quantitative estimate of drug-likeness (QED) is 0.611. The summed E-state index contributed by atoms with van der Waals surface area (Å²) >= 11 is 12.4. The molecule has 0 bridgehead atoms. The molecule has 0 heterocycles. The van der Waals surface area contributed by atoms with Gasteiger partial charge < -0.3 is 9.47 Å². The highest BCUT2D eigenvalue weighted by Crippen LogP contribution is 2.36. The van der Waals surface area contributed by atoms with Crippen molar-refractivity contribution in [2.24, 2.45) is 4.99 Å². The van der Waals surface area contributed by atoms with E-state index >= 15 is 0 Å². The molecule has 0 aliphatic carbocycles. The number of ether oxygens (including phenoxy) is 2. The van der Waals surface area contributed by atoms with Gasteiger partial charge in [-0.25, -0.2) is 0 Å². The van der Waals surface area contributed by atoms with E-state index in [-0.39, 0.29) is 0 Å². The van der Waals surface area contributed by atoms with E-state index in [1.54, 1.807) is 19.4 Å². The highest BCUT2D eigenvalue weighted by atomic mass is 35.5. The number of benzene rings is 2. The fourth-order valence-electron chi connectivity index (χ4n) is 1.97. The third kappa shape index (κ3) is 4.63. The summed E-state index contributed by atoms with van der Waals surface area (Å²) in [5.74, 6) is 1.15. The summed E-state index contributed by atoms with van der Waals surface area (Å²) in [4.78, 5) is 4.42. The van der Waals surface area contributed by atoms with E-state index < -0.39 is 0 Å². The second-order valence-corrected chi connectivity index (χ2v) is 5.89. The van der Waals surface area contributed by atoms with Gasteiger partial charge in [-0.3, -0.25) is 4.99 Å². The fraction of sp³-hybridized carbons (Fsp3) is 0.278. The summed E-state index contributed by atoms with van der Waals surface area (Å²) in [5.41, 5.74) is 2.63. The second kappa shape index (κ2) is 8.23. The van der Waals surface area contributed by atoms with Crippen LogP contribution in [0.25, 0.3) is 0 Å². The lowest BCUT2D eigenvalue weighted by molar-refractivity contribution is 0.294. The number of hydrogen-bond donors (Lipinski definition) is 0. The molecule has 2 aromatic rings. The van der Waals surface area contributed by atoms with Crippen LogP contribution < -0.4 is 9.47 Å². The summed E-state index contributed by atoms with van der Waals surface area (Å²) in [6, 6.07) is 9.31. The normalized spacial score (nSPS) is 11.0. The molecule has 0 radical (unpaired) electrons. The van der Waals surface area contributed by atoms with Gasteiger partial charge >= 0.3 is 0 Å². The Balaban J connectivity index is 2.27. The average molecular weight is 352 g/mol. The molecule has 2 rings (SSSR count). The Bertz CT molecular complexity index is 714. The molecule has 0 saturated carbocycles. The Hall–Kier alpha value is -1.71. The molecule has 0 aromatic heterocycles. The number of aliphatic imine (C=N–C) groups is 1. The molecule has 0 fully saturated rings. The molecule has 0 unspecified atom stereocenters. The van der Waals surface area contributed by atoms with Crippen molar-refractivity contribution in [1.29, 1.82) is 0 Å². The summed E-state index contributed by atoms with van der Waals surface area (Å²) in [7, 11) is 1.59. The lowest BCUT2D eigenvalue weighted by Crippen LogP contribution is -1.99. The molecule has 122 valence electrons. The molecular formula is C18H19Cl2NO2. The minimum absolute atomic E-state index is 0.501. The molecular weight excluding hydrogens is 333 g/mol. The predicted molar refractivity (Wildman–Crippen MR) is 97.2 cm³/mol. The standard InChI is InChI=1S/C18H19Cl2NO2/c1-4-7-23-18-16(20)8-13(9-17(18)22-3)11-21-14-6-5-12(2)15(19)10-14/h5-6,8-11H,4,7H2,1-3H3. The Morgan fingerprint density at radius 1 is 1.13 bits per heavy atom. The van der Waals surface area contributed by atoms with Crippen molar-refractivity contribution in [1.82, 2.24) is 0 Å². The largest absolute Gasteiger partial charge is 0.493 e. The molecule has 0 spiro atoms. The molecule has 5 heteroatoms. The van der Waals surface area contributed by atoms with Gasteiger partial charge in [0, 0.05) is 11.2 Å². The zero-order valence-corrected chi connectivity index (χ0v) is 14.9. The van der Waals surface area contributed by atoms with E-state index in [4.69, 9.17) is 32.7 Å². The Morgan fingerprint density at radius 2 is 1.91 bits per heavy atom. The van der Waals surface area contributed by atoms with Gasteiger partial charge in [0.15, 0.2) is 11.5 Å². The number of halogens is 2. The van der Waals surface area contributed by atoms with Crippen LogP contribution in [0.3, 0.4) is 0 Å². The minimum Gasteiger partial charge on any atom is -0.493 e. The smallest absolute Gasteiger partial charge is 0.179 e. The van der Waals surface area contributed by atoms with Crippen molar-refractivity contribution in [2.45, 2.75) is 20.3 Å². The molecule has 23 heavy (non-hydrogen) atoms. The van der Waals surface area contributed by atoms with Gasteiger partial charge in [-0.2, -0.15) is 0 Å². The highest BCUT2D eigenvalue weighted by molar-refractivity contribution is 6.32. The van der Waals surface area contributed by atoms with Crippen LogP contribution in [0.5, 0.6) is 11.5 Å². The monoisotopic (exact) mass is 351 g/mol. The predicted octanol–water partition coefficient (Wildman–Crippen LogP) is 5.85. The Kier molecular flexibility index (Phi) is 6.31. The van der Waals surface area contributed by atoms with Crippen LogP contribution in [0.15, 0.2) is 35.3 Å². The van der Waals surface area contributed by atoms with E-state index in [0.717, 1.165) is 23.2 Å². The molecule has 0 saturated heterocycles. The number of hydrogen-bond acceptors (Lipinski definition) is 3. The molecule has 0 N–H and O–H groups in total. The highest BCUT2D eigenvalue weighted by Gasteiger charge is 2.11. The number of aryl methyl sites for hydroxylation is 1. The van der Waals surface area contributed by atoms with E-state index in [9.17, 15) is 0 Å². The second-order valence-electron chi connectivity index (χ2n) is 5.07. The molecule has 0 aliphatic rings. The van der Waals surface area contributed by atoms with Gasteiger partial charge in [0.2, 0.25) is 0 Å². The van der Waals surface area contributed by atoms with Crippen molar-refractivity contribution in [3.63, 3.8) is 0 Å². The zero-order chi connectivity index (χ0) is 16.8. The van der Waals surface area contributed by atoms with Crippen LogP contribution in [0.1, 0.15) is 24.5 Å². The lowest BCUT2D eigenvalue weighted by Gasteiger charge is -2.12. The summed E-state index contributed by atoms with van der Waals surface area (Å²) < 4.78 is 11.0. The third-order valence-corrected chi connectivity index (χ3v) is 3.91. The van der Waals surface area contributed by atoms with E-state index in [2.05, 4.69) is 4.99 Å². The molecule has 0 amide bonds. The Labute approximate surface area is 146 Å². The van der Waals surface area contributed by atoms with E-state index in [1.807, 2.05) is 38.1 Å². The maximum Gasteiger partial charge on any atom is 0.179 e. The van der Waals surface area contributed by atoms with Crippen molar-refractivity contribution in [3.8, 4) is 11.5 Å². The van der Waals surface area contributed by atoms with Crippen molar-refractivity contribution >= 4 is 35.1 Å². The van der Waals surface area contributed by atoms with E-state index in [0.29, 0.717) is 28.2 Å². The van der Waals surface area contributed by atoms with Crippen LogP contribution in [0.4, 0.5) is 5.69 Å². The first-order chi connectivity index (χ1) is 11.0. The van der Waals surface area contributed by atoms with Crippen molar-refractivity contribution in [2.75, 3.05) is 13.7 Å². The van der Waals surface area contributed by atoms with E-state index in [1.165, 1.54) is 0 Å². The molecule has 2 aromatic carbocycles. The lowest BCUT2D eigenvalue weighted by atomic mass is 10.2. The van der Waals surface area contributed by atoms with Crippen molar-refractivity contribution in [3.05, 3.63) is 51.5 Å².